The van der Waals surface area contributed by atoms with Crippen molar-refractivity contribution in [2.75, 3.05) is 0 Å². The van der Waals surface area contributed by atoms with Gasteiger partial charge < -0.3 is 10.2 Å². The number of fused-ring (bicyclic) bond motifs is 5. The fourth-order valence-electron chi connectivity index (χ4n) is 9.83. The predicted octanol–water partition coefficient (Wildman–Crippen LogP) is 8.14. The van der Waals surface area contributed by atoms with Crippen molar-refractivity contribution < 1.29 is 19.0 Å². The van der Waals surface area contributed by atoms with E-state index >= 15 is 0 Å². The molecule has 0 aromatic rings. The zero-order chi connectivity index (χ0) is 24.8. The molecule has 0 amide bonds. The molecular weight excluding hydrogens is 430 g/mol. The second-order valence-corrected chi connectivity index (χ2v) is 13.4. The lowest BCUT2D eigenvalue weighted by atomic mass is 9.44. The van der Waals surface area contributed by atoms with Gasteiger partial charge in [-0.1, -0.05) is 34.1 Å². The van der Waals surface area contributed by atoms with Gasteiger partial charge >= 0.3 is 0 Å². The van der Waals surface area contributed by atoms with Gasteiger partial charge in [-0.25, -0.2) is 8.78 Å². The van der Waals surface area contributed by atoms with Crippen LogP contribution in [0.5, 0.6) is 0 Å². The van der Waals surface area contributed by atoms with Crippen molar-refractivity contribution in [1.29, 1.82) is 0 Å². The van der Waals surface area contributed by atoms with Gasteiger partial charge in [-0.2, -0.15) is 0 Å². The molecule has 5 aliphatic rings. The summed E-state index contributed by atoms with van der Waals surface area (Å²) >= 11 is 0. The number of hydrogen-bond donors (Lipinski definition) is 2. The molecule has 4 heteroatoms. The molecule has 2 nitrogen and oxygen atoms in total. The Morgan fingerprint density at radius 3 is 2.12 bits per heavy atom. The SMILES string of the molecule is CC.CC12CCC(O)CC1CC[C@@H]1C2CCC2(C)C1CC[C@@H]2CCCC1(O)CCC(F)(F)CC1. The van der Waals surface area contributed by atoms with E-state index in [1.54, 1.807) is 0 Å². The van der Waals surface area contributed by atoms with Crippen LogP contribution in [0.25, 0.3) is 0 Å². The van der Waals surface area contributed by atoms with Crippen LogP contribution in [-0.4, -0.2) is 27.8 Å². The van der Waals surface area contributed by atoms with Crippen LogP contribution >= 0.6 is 0 Å². The maximum Gasteiger partial charge on any atom is 0.248 e. The predicted molar refractivity (Wildman–Crippen MR) is 135 cm³/mol. The van der Waals surface area contributed by atoms with Crippen molar-refractivity contribution in [1.82, 2.24) is 0 Å². The first-order valence-electron chi connectivity index (χ1n) is 14.8. The molecule has 0 radical (unpaired) electrons. The Labute approximate surface area is 207 Å². The minimum atomic E-state index is -2.57. The molecule has 2 N–H and O–H groups in total. The number of rotatable bonds is 4. The van der Waals surface area contributed by atoms with Crippen LogP contribution in [0.15, 0.2) is 0 Å². The first-order valence-corrected chi connectivity index (χ1v) is 14.8. The van der Waals surface area contributed by atoms with E-state index in [1.807, 2.05) is 13.8 Å². The molecule has 34 heavy (non-hydrogen) atoms. The van der Waals surface area contributed by atoms with Crippen LogP contribution in [0.4, 0.5) is 8.78 Å². The molecule has 5 aliphatic carbocycles. The summed E-state index contributed by atoms with van der Waals surface area (Å²) in [6, 6.07) is 0. The van der Waals surface area contributed by atoms with Crippen molar-refractivity contribution in [2.45, 2.75) is 148 Å². The average Bonchev–Trinajstić information content (AvgIpc) is 3.14. The van der Waals surface area contributed by atoms with Crippen molar-refractivity contribution in [3.8, 4) is 0 Å². The average molecular weight is 483 g/mol. The summed E-state index contributed by atoms with van der Waals surface area (Å²) in [5, 5.41) is 21.1. The third-order valence-corrected chi connectivity index (χ3v) is 11.9. The normalized spacial score (nSPS) is 46.9. The topological polar surface area (TPSA) is 40.5 Å². The first kappa shape index (κ1) is 26.8. The molecule has 0 aromatic heterocycles. The zero-order valence-electron chi connectivity index (χ0n) is 22.4. The quantitative estimate of drug-likeness (QED) is 0.424. The van der Waals surface area contributed by atoms with Crippen LogP contribution in [0, 0.1) is 40.4 Å². The third kappa shape index (κ3) is 4.85. The molecule has 5 rings (SSSR count). The molecule has 0 bridgehead atoms. The number of hydrogen-bond acceptors (Lipinski definition) is 2. The van der Waals surface area contributed by atoms with E-state index in [1.165, 1.54) is 44.9 Å². The van der Waals surface area contributed by atoms with Gasteiger partial charge in [0.25, 0.3) is 0 Å². The van der Waals surface area contributed by atoms with Crippen LogP contribution in [-0.2, 0) is 0 Å². The van der Waals surface area contributed by atoms with Crippen LogP contribution in [0.1, 0.15) is 130 Å². The Kier molecular flexibility index (Phi) is 7.83. The van der Waals surface area contributed by atoms with Gasteiger partial charge in [-0.05, 0) is 124 Å². The van der Waals surface area contributed by atoms with Crippen molar-refractivity contribution in [3.63, 3.8) is 0 Å². The molecule has 0 saturated heterocycles. The van der Waals surface area contributed by atoms with Crippen LogP contribution in [0.2, 0.25) is 0 Å². The van der Waals surface area contributed by atoms with Crippen molar-refractivity contribution >= 4 is 0 Å². The molecule has 6 unspecified atom stereocenters. The Bertz CT molecular complexity index is 685. The van der Waals surface area contributed by atoms with E-state index in [9.17, 15) is 19.0 Å². The van der Waals surface area contributed by atoms with Crippen molar-refractivity contribution in [2.24, 2.45) is 40.4 Å². The van der Waals surface area contributed by atoms with E-state index in [-0.39, 0.29) is 31.8 Å². The molecule has 0 aliphatic heterocycles. The van der Waals surface area contributed by atoms with Crippen molar-refractivity contribution in [3.05, 3.63) is 0 Å². The second kappa shape index (κ2) is 9.92. The number of aliphatic hydroxyl groups is 2. The highest BCUT2D eigenvalue weighted by Crippen LogP contribution is 2.68. The highest BCUT2D eigenvalue weighted by Gasteiger charge is 2.59. The van der Waals surface area contributed by atoms with E-state index in [2.05, 4.69) is 13.8 Å². The monoisotopic (exact) mass is 482 g/mol. The highest BCUT2D eigenvalue weighted by molar-refractivity contribution is 5.09. The summed E-state index contributed by atoms with van der Waals surface area (Å²) in [5.41, 5.74) is 0.0193. The Hall–Kier alpha value is -0.220. The Morgan fingerprint density at radius 1 is 0.765 bits per heavy atom. The highest BCUT2D eigenvalue weighted by atomic mass is 19.3. The van der Waals surface area contributed by atoms with Gasteiger partial charge in [0.15, 0.2) is 0 Å². The summed E-state index contributed by atoms with van der Waals surface area (Å²) < 4.78 is 27.0. The third-order valence-electron chi connectivity index (χ3n) is 11.9. The molecule has 0 heterocycles. The maximum atomic E-state index is 13.5. The minimum absolute atomic E-state index is 0.0699. The molecule has 0 spiro atoms. The first-order chi connectivity index (χ1) is 16.0. The maximum absolute atomic E-state index is 13.5. The van der Waals surface area contributed by atoms with Crippen LogP contribution < -0.4 is 0 Å². The van der Waals surface area contributed by atoms with Gasteiger partial charge in [0.05, 0.1) is 11.7 Å². The molecule has 5 fully saturated rings. The molecule has 198 valence electrons. The lowest BCUT2D eigenvalue weighted by Crippen LogP contribution is -2.53. The molecular formula is C30H52F2O2. The fourth-order valence-corrected chi connectivity index (χ4v) is 9.83. The Balaban J connectivity index is 0.00000133. The molecule has 0 aromatic carbocycles. The Morgan fingerprint density at radius 2 is 1.41 bits per heavy atom. The van der Waals surface area contributed by atoms with Gasteiger partial charge in [0.1, 0.15) is 0 Å². The summed E-state index contributed by atoms with van der Waals surface area (Å²) in [5.74, 6) is 1.43. The second-order valence-electron chi connectivity index (χ2n) is 13.4. The van der Waals surface area contributed by atoms with E-state index in [0.717, 1.165) is 55.3 Å². The van der Waals surface area contributed by atoms with E-state index < -0.39 is 11.5 Å². The van der Waals surface area contributed by atoms with E-state index in [4.69, 9.17) is 0 Å². The lowest BCUT2D eigenvalue weighted by Gasteiger charge is -2.61. The van der Waals surface area contributed by atoms with Gasteiger partial charge in [-0.15, -0.1) is 0 Å². The van der Waals surface area contributed by atoms with Crippen LogP contribution in [0.3, 0.4) is 0 Å². The zero-order valence-corrected chi connectivity index (χ0v) is 22.4. The molecule has 5 saturated carbocycles. The van der Waals surface area contributed by atoms with E-state index in [0.29, 0.717) is 17.3 Å². The summed E-state index contributed by atoms with van der Waals surface area (Å²) in [6.07, 6.45) is 14.3. The van der Waals surface area contributed by atoms with Gasteiger partial charge in [0.2, 0.25) is 5.92 Å². The summed E-state index contributed by atoms with van der Waals surface area (Å²) in [4.78, 5) is 0. The minimum Gasteiger partial charge on any atom is -0.393 e. The fraction of sp³-hybridized carbons (Fsp3) is 1.00. The van der Waals surface area contributed by atoms with Gasteiger partial charge in [-0.3, -0.25) is 0 Å². The smallest absolute Gasteiger partial charge is 0.248 e. The standard InChI is InChI=1S/C28H46F2O2.C2H6/c1-25-13-10-24-22(7-5-20-18-21(31)9-12-26(20,24)2)23(25)8-6-19(25)4-3-11-27(32)14-16-28(29,30)17-15-27;1-2/h19-24,31-32H,3-18H2,1-2H3;1-2H3/t19-,20?,21?,22-,23?,24?,25?,26?;/m0./s1. The van der Waals surface area contributed by atoms with Gasteiger partial charge in [0, 0.05) is 12.8 Å². The molecule has 8 atom stereocenters. The number of halogens is 2. The lowest BCUT2D eigenvalue weighted by molar-refractivity contribution is -0.127. The number of aliphatic hydroxyl groups excluding tert-OH is 1. The summed E-state index contributed by atoms with van der Waals surface area (Å²) in [6.45, 7) is 9.13. The largest absolute Gasteiger partial charge is 0.393 e. The summed E-state index contributed by atoms with van der Waals surface area (Å²) in [7, 11) is 0. The number of alkyl halides is 2.